The maximum Gasteiger partial charge on any atom is 0.163 e. The lowest BCUT2D eigenvalue weighted by Crippen LogP contribution is -2.30. The molecule has 43 heavy (non-hydrogen) atoms. The number of Topliss-reactive ketones (excluding diaryl/α,β-unsaturated/α-hetero) is 2. The molecule has 0 radical (unpaired) electrons. The summed E-state index contributed by atoms with van der Waals surface area (Å²) in [7, 11) is 1.59. The number of carbonyl (C=O) groups is 2. The fourth-order valence-corrected chi connectivity index (χ4v) is 6.06. The van der Waals surface area contributed by atoms with Crippen LogP contribution in [0.25, 0.3) is 0 Å². The Morgan fingerprint density at radius 1 is 0.674 bits per heavy atom. The first-order valence-electron chi connectivity index (χ1n) is 15.0. The number of carbonyl (C=O) groups excluding carboxylic acids is 2. The Bertz CT molecular complexity index is 1540. The Hall–Kier alpha value is -4.52. The summed E-state index contributed by atoms with van der Waals surface area (Å²) in [4.78, 5) is 26.3. The number of hydrogen-bond acceptors (Lipinski definition) is 7. The van der Waals surface area contributed by atoms with Crippen molar-refractivity contribution in [1.82, 2.24) is 0 Å². The van der Waals surface area contributed by atoms with E-state index in [9.17, 15) is 9.59 Å². The minimum absolute atomic E-state index is 0.0526. The molecule has 0 spiro atoms. The van der Waals surface area contributed by atoms with Gasteiger partial charge in [-0.1, -0.05) is 42.5 Å². The minimum atomic E-state index is -0.445. The van der Waals surface area contributed by atoms with Gasteiger partial charge in [-0.2, -0.15) is 0 Å². The molecule has 1 aliphatic heterocycles. The van der Waals surface area contributed by atoms with Gasteiger partial charge in [0.25, 0.3) is 0 Å². The first-order chi connectivity index (χ1) is 21.1. The van der Waals surface area contributed by atoms with E-state index < -0.39 is 5.92 Å². The molecule has 7 nitrogen and oxygen atoms in total. The van der Waals surface area contributed by atoms with E-state index in [1.807, 2.05) is 73.7 Å². The highest BCUT2D eigenvalue weighted by atomic mass is 16.5. The standard InChI is InChI=1S/C36H36O7/c1-3-40-33-19-24(15-17-29(33)41-21-23-9-5-4-6-10-23)22-42-28-18-16-25(20-32(28)39-2)34-35-26(37)11-7-13-30(35)43-31-14-8-12-27(38)36(31)34/h4-6,9-10,15-20,34H,3,7-8,11-14,21-22H2,1-2H3. The Labute approximate surface area is 252 Å². The number of rotatable bonds is 10. The van der Waals surface area contributed by atoms with Crippen LogP contribution in [0.4, 0.5) is 0 Å². The van der Waals surface area contributed by atoms with Crippen LogP contribution in [0, 0.1) is 0 Å². The zero-order valence-electron chi connectivity index (χ0n) is 24.6. The van der Waals surface area contributed by atoms with Crippen LogP contribution < -0.4 is 18.9 Å². The number of ether oxygens (including phenoxy) is 5. The van der Waals surface area contributed by atoms with E-state index >= 15 is 0 Å². The Morgan fingerprint density at radius 3 is 1.95 bits per heavy atom. The Balaban J connectivity index is 1.23. The molecule has 2 aliphatic carbocycles. The summed E-state index contributed by atoms with van der Waals surface area (Å²) in [6, 6.07) is 21.5. The van der Waals surface area contributed by atoms with Crippen LogP contribution in [-0.4, -0.2) is 25.3 Å². The van der Waals surface area contributed by atoms with Crippen LogP contribution in [-0.2, 0) is 27.5 Å². The molecule has 0 saturated carbocycles. The fourth-order valence-electron chi connectivity index (χ4n) is 6.06. The molecule has 7 heteroatoms. The van der Waals surface area contributed by atoms with E-state index in [4.69, 9.17) is 23.7 Å². The highest BCUT2D eigenvalue weighted by Crippen LogP contribution is 2.49. The second-order valence-electron chi connectivity index (χ2n) is 10.9. The number of ketones is 2. The average Bonchev–Trinajstić information content (AvgIpc) is 3.03. The van der Waals surface area contributed by atoms with Crippen molar-refractivity contribution < 1.29 is 33.3 Å². The summed E-state index contributed by atoms with van der Waals surface area (Å²) in [6.45, 7) is 3.18. The average molecular weight is 581 g/mol. The van der Waals surface area contributed by atoms with E-state index in [-0.39, 0.29) is 18.2 Å². The van der Waals surface area contributed by atoms with Gasteiger partial charge in [0.15, 0.2) is 34.6 Å². The van der Waals surface area contributed by atoms with Gasteiger partial charge in [-0.05, 0) is 60.7 Å². The van der Waals surface area contributed by atoms with E-state index in [1.54, 1.807) is 7.11 Å². The molecule has 1 heterocycles. The van der Waals surface area contributed by atoms with Gasteiger partial charge < -0.3 is 23.7 Å². The third-order valence-electron chi connectivity index (χ3n) is 8.10. The van der Waals surface area contributed by atoms with Crippen molar-refractivity contribution in [3.05, 3.63) is 106 Å². The highest BCUT2D eigenvalue weighted by Gasteiger charge is 2.42. The van der Waals surface area contributed by atoms with Crippen LogP contribution >= 0.6 is 0 Å². The number of hydrogen-bond donors (Lipinski definition) is 0. The summed E-state index contributed by atoms with van der Waals surface area (Å²) in [5, 5.41) is 0. The van der Waals surface area contributed by atoms with Gasteiger partial charge in [0.1, 0.15) is 24.7 Å². The molecule has 222 valence electrons. The van der Waals surface area contributed by atoms with Crippen molar-refractivity contribution in [1.29, 1.82) is 0 Å². The van der Waals surface area contributed by atoms with Crippen LogP contribution in [0.5, 0.6) is 23.0 Å². The quantitative estimate of drug-likeness (QED) is 0.248. The molecule has 0 unspecified atom stereocenters. The van der Waals surface area contributed by atoms with Crippen molar-refractivity contribution in [2.24, 2.45) is 0 Å². The van der Waals surface area contributed by atoms with Gasteiger partial charge >= 0.3 is 0 Å². The smallest absolute Gasteiger partial charge is 0.163 e. The number of benzene rings is 3. The predicted octanol–water partition coefficient (Wildman–Crippen LogP) is 7.38. The predicted molar refractivity (Wildman–Crippen MR) is 161 cm³/mol. The van der Waals surface area contributed by atoms with Gasteiger partial charge in [-0.15, -0.1) is 0 Å². The lowest BCUT2D eigenvalue weighted by Gasteiger charge is -2.36. The number of allylic oxidation sites excluding steroid dienone is 4. The van der Waals surface area contributed by atoms with Gasteiger partial charge in [-0.3, -0.25) is 9.59 Å². The maximum atomic E-state index is 13.1. The van der Waals surface area contributed by atoms with E-state index in [0.717, 1.165) is 41.1 Å². The Morgan fingerprint density at radius 2 is 1.30 bits per heavy atom. The third kappa shape index (κ3) is 6.03. The SMILES string of the molecule is CCOc1cc(COc2ccc(C3C4=C(CCCC4=O)OC4=C3C(=O)CCC4)cc2OC)ccc1OCc1ccccc1. The largest absolute Gasteiger partial charge is 0.493 e. The second-order valence-corrected chi connectivity index (χ2v) is 10.9. The molecule has 0 saturated heterocycles. The molecule has 0 N–H and O–H groups in total. The molecule has 3 aromatic rings. The van der Waals surface area contributed by atoms with Crippen LogP contribution in [0.3, 0.4) is 0 Å². The lowest BCUT2D eigenvalue weighted by atomic mass is 9.73. The molecule has 0 fully saturated rings. The van der Waals surface area contributed by atoms with Gasteiger partial charge in [0.2, 0.25) is 0 Å². The van der Waals surface area contributed by atoms with Crippen LogP contribution in [0.1, 0.15) is 68.1 Å². The van der Waals surface area contributed by atoms with E-state index in [2.05, 4.69) is 0 Å². The van der Waals surface area contributed by atoms with Gasteiger partial charge in [0, 0.05) is 42.7 Å². The second kappa shape index (κ2) is 12.8. The van der Waals surface area contributed by atoms with Crippen molar-refractivity contribution in [2.45, 2.75) is 64.6 Å². The summed E-state index contributed by atoms with van der Waals surface area (Å²) in [6.07, 6.45) is 3.88. The number of methoxy groups -OCH3 is 1. The molecule has 0 atom stereocenters. The first kappa shape index (κ1) is 28.6. The third-order valence-corrected chi connectivity index (χ3v) is 8.10. The molecule has 0 bridgehead atoms. The Kier molecular flexibility index (Phi) is 8.50. The zero-order chi connectivity index (χ0) is 29.8. The van der Waals surface area contributed by atoms with Crippen molar-refractivity contribution in [3.8, 4) is 23.0 Å². The van der Waals surface area contributed by atoms with Crippen LogP contribution in [0.2, 0.25) is 0 Å². The molecule has 3 aliphatic rings. The molecule has 0 amide bonds. The highest BCUT2D eigenvalue weighted by molar-refractivity contribution is 6.05. The molecule has 0 aromatic heterocycles. The summed E-state index contributed by atoms with van der Waals surface area (Å²) < 4.78 is 30.0. The van der Waals surface area contributed by atoms with Crippen molar-refractivity contribution >= 4 is 11.6 Å². The summed E-state index contributed by atoms with van der Waals surface area (Å²) in [5.41, 5.74) is 4.06. The van der Waals surface area contributed by atoms with Crippen molar-refractivity contribution in [3.63, 3.8) is 0 Å². The normalized spacial score (nSPS) is 16.8. The first-order valence-corrected chi connectivity index (χ1v) is 15.0. The molecular formula is C36H36O7. The molecule has 6 rings (SSSR count). The monoisotopic (exact) mass is 580 g/mol. The van der Waals surface area contributed by atoms with Crippen LogP contribution in [0.15, 0.2) is 89.4 Å². The van der Waals surface area contributed by atoms with Gasteiger partial charge in [-0.25, -0.2) is 0 Å². The van der Waals surface area contributed by atoms with Crippen molar-refractivity contribution in [2.75, 3.05) is 13.7 Å². The maximum absolute atomic E-state index is 13.1. The summed E-state index contributed by atoms with van der Waals surface area (Å²) in [5.74, 6) is 3.52. The minimum Gasteiger partial charge on any atom is -0.493 e. The zero-order valence-corrected chi connectivity index (χ0v) is 24.6. The fraction of sp³-hybridized carbons (Fsp3) is 0.333. The topological polar surface area (TPSA) is 80.3 Å². The van der Waals surface area contributed by atoms with E-state index in [1.165, 1.54) is 0 Å². The molecular weight excluding hydrogens is 544 g/mol. The van der Waals surface area contributed by atoms with E-state index in [0.29, 0.717) is 73.0 Å². The molecule has 3 aromatic carbocycles. The van der Waals surface area contributed by atoms with Gasteiger partial charge in [0.05, 0.1) is 13.7 Å². The summed E-state index contributed by atoms with van der Waals surface area (Å²) >= 11 is 0. The lowest BCUT2D eigenvalue weighted by molar-refractivity contribution is -0.117.